The minimum atomic E-state index is -3.52. The van der Waals surface area contributed by atoms with Gasteiger partial charge in [-0.05, 0) is 49.6 Å². The van der Waals surface area contributed by atoms with Crippen LogP contribution in [-0.2, 0) is 14.8 Å². The maximum atomic E-state index is 12.5. The minimum Gasteiger partial charge on any atom is -0.497 e. The van der Waals surface area contributed by atoms with Gasteiger partial charge in [-0.2, -0.15) is 0 Å². The molecule has 0 heterocycles. The first-order valence-corrected chi connectivity index (χ1v) is 12.3. The molecule has 0 radical (unpaired) electrons. The number of hydrogen-bond acceptors (Lipinski definition) is 5. The zero-order valence-electron chi connectivity index (χ0n) is 18.6. The Kier molecular flexibility index (Phi) is 9.18. The van der Waals surface area contributed by atoms with Gasteiger partial charge in [0.1, 0.15) is 11.5 Å². The smallest absolute Gasteiger partial charge is 0.232 e. The van der Waals surface area contributed by atoms with Crippen molar-refractivity contribution in [2.75, 3.05) is 30.8 Å². The van der Waals surface area contributed by atoms with Gasteiger partial charge in [0.15, 0.2) is 0 Å². The SMILES string of the molecule is CCOc1ccccc1N(CCCC(=O)N[C@@H](CC)c1ccc(OC)cc1)S(C)(=O)=O. The summed E-state index contributed by atoms with van der Waals surface area (Å²) >= 11 is 0. The second kappa shape index (κ2) is 11.6. The van der Waals surface area contributed by atoms with E-state index >= 15 is 0 Å². The van der Waals surface area contributed by atoms with Crippen molar-refractivity contribution in [3.63, 3.8) is 0 Å². The number of nitrogens with zero attached hydrogens (tertiary/aromatic N) is 1. The average Bonchev–Trinajstić information content (AvgIpc) is 2.75. The average molecular weight is 449 g/mol. The molecule has 0 aliphatic heterocycles. The minimum absolute atomic E-state index is 0.108. The molecule has 0 aliphatic rings. The summed E-state index contributed by atoms with van der Waals surface area (Å²) in [4.78, 5) is 12.5. The van der Waals surface area contributed by atoms with Crippen LogP contribution in [-0.4, -0.2) is 40.8 Å². The van der Waals surface area contributed by atoms with E-state index in [4.69, 9.17) is 9.47 Å². The summed E-state index contributed by atoms with van der Waals surface area (Å²) in [6.07, 6.45) is 2.51. The molecule has 1 atom stereocenters. The standard InChI is InChI=1S/C23H32N2O5S/c1-5-20(18-13-15-19(29-3)16-14-18)24-23(26)12-9-17-25(31(4,27)28)21-10-7-8-11-22(21)30-6-2/h7-8,10-11,13-16,20H,5-6,9,12,17H2,1-4H3,(H,24,26)/t20-/m0/s1. The van der Waals surface area contributed by atoms with Crippen molar-refractivity contribution in [3.8, 4) is 11.5 Å². The molecule has 0 spiro atoms. The number of nitrogens with one attached hydrogen (secondary N) is 1. The Bertz CT molecular complexity index is 945. The zero-order chi connectivity index (χ0) is 22.9. The third-order valence-electron chi connectivity index (χ3n) is 4.86. The van der Waals surface area contributed by atoms with E-state index in [1.807, 2.05) is 38.1 Å². The summed E-state index contributed by atoms with van der Waals surface area (Å²) in [7, 11) is -1.91. The van der Waals surface area contributed by atoms with Crippen molar-refractivity contribution in [1.82, 2.24) is 5.32 Å². The number of sulfonamides is 1. The van der Waals surface area contributed by atoms with Crippen LogP contribution >= 0.6 is 0 Å². The van der Waals surface area contributed by atoms with Crippen molar-refractivity contribution >= 4 is 21.6 Å². The lowest BCUT2D eigenvalue weighted by atomic mass is 10.0. The Morgan fingerprint density at radius 3 is 2.35 bits per heavy atom. The maximum absolute atomic E-state index is 12.5. The fourth-order valence-corrected chi connectivity index (χ4v) is 4.28. The summed E-state index contributed by atoms with van der Waals surface area (Å²) in [6, 6.07) is 14.5. The molecule has 8 heteroatoms. The zero-order valence-corrected chi connectivity index (χ0v) is 19.4. The number of ether oxygens (including phenoxy) is 2. The highest BCUT2D eigenvalue weighted by Gasteiger charge is 2.21. The van der Waals surface area contributed by atoms with E-state index in [0.29, 0.717) is 24.5 Å². The second-order valence-corrected chi connectivity index (χ2v) is 9.05. The molecule has 2 rings (SSSR count). The van der Waals surface area contributed by atoms with Crippen LogP contribution in [0.15, 0.2) is 48.5 Å². The van der Waals surface area contributed by atoms with E-state index in [-0.39, 0.29) is 24.9 Å². The van der Waals surface area contributed by atoms with E-state index in [0.717, 1.165) is 24.0 Å². The lowest BCUT2D eigenvalue weighted by Crippen LogP contribution is -2.33. The van der Waals surface area contributed by atoms with Crippen LogP contribution in [0.2, 0.25) is 0 Å². The van der Waals surface area contributed by atoms with E-state index in [9.17, 15) is 13.2 Å². The first kappa shape index (κ1) is 24.5. The van der Waals surface area contributed by atoms with E-state index in [2.05, 4.69) is 5.32 Å². The van der Waals surface area contributed by atoms with Gasteiger partial charge in [0.25, 0.3) is 0 Å². The van der Waals surface area contributed by atoms with Crippen LogP contribution in [0.1, 0.15) is 44.7 Å². The quantitative estimate of drug-likeness (QED) is 0.532. The number of carbonyl (C=O) groups is 1. The largest absolute Gasteiger partial charge is 0.497 e. The highest BCUT2D eigenvalue weighted by atomic mass is 32.2. The van der Waals surface area contributed by atoms with E-state index in [1.165, 1.54) is 4.31 Å². The first-order valence-electron chi connectivity index (χ1n) is 10.4. The molecule has 31 heavy (non-hydrogen) atoms. The number of hydrogen-bond donors (Lipinski definition) is 1. The molecule has 7 nitrogen and oxygen atoms in total. The Labute approximate surface area is 185 Å². The second-order valence-electron chi connectivity index (χ2n) is 7.14. The molecule has 2 aromatic rings. The molecule has 0 saturated carbocycles. The molecule has 1 amide bonds. The summed E-state index contributed by atoms with van der Waals surface area (Å²) in [6.45, 7) is 4.47. The molecule has 0 unspecified atom stereocenters. The fourth-order valence-electron chi connectivity index (χ4n) is 3.31. The van der Waals surface area contributed by atoms with E-state index < -0.39 is 10.0 Å². The predicted molar refractivity (Wildman–Crippen MR) is 123 cm³/mol. The number of anilines is 1. The molecule has 0 bridgehead atoms. The Morgan fingerprint density at radius 2 is 1.77 bits per heavy atom. The van der Waals surface area contributed by atoms with Crippen LogP contribution in [0.5, 0.6) is 11.5 Å². The van der Waals surface area contributed by atoms with Gasteiger partial charge >= 0.3 is 0 Å². The Morgan fingerprint density at radius 1 is 1.10 bits per heavy atom. The summed E-state index contributed by atoms with van der Waals surface area (Å²) in [5.41, 5.74) is 1.48. The van der Waals surface area contributed by atoms with Crippen LogP contribution < -0.4 is 19.1 Å². The van der Waals surface area contributed by atoms with Gasteiger partial charge in [-0.1, -0.05) is 31.2 Å². The summed E-state index contributed by atoms with van der Waals surface area (Å²) < 4.78 is 36.8. The molecule has 2 aromatic carbocycles. The highest BCUT2D eigenvalue weighted by Crippen LogP contribution is 2.30. The third-order valence-corrected chi connectivity index (χ3v) is 6.04. The van der Waals surface area contributed by atoms with Crippen LogP contribution in [0.25, 0.3) is 0 Å². The van der Waals surface area contributed by atoms with Crippen molar-refractivity contribution < 1.29 is 22.7 Å². The molecule has 0 saturated heterocycles. The van der Waals surface area contributed by atoms with Crippen LogP contribution in [0.3, 0.4) is 0 Å². The van der Waals surface area contributed by atoms with Crippen molar-refractivity contribution in [1.29, 1.82) is 0 Å². The number of methoxy groups -OCH3 is 1. The van der Waals surface area contributed by atoms with Gasteiger partial charge in [0, 0.05) is 13.0 Å². The van der Waals surface area contributed by atoms with Crippen molar-refractivity contribution in [2.45, 2.75) is 39.2 Å². The summed E-state index contributed by atoms with van der Waals surface area (Å²) in [5, 5.41) is 3.03. The van der Waals surface area contributed by atoms with Gasteiger partial charge in [-0.3, -0.25) is 9.10 Å². The van der Waals surface area contributed by atoms with Crippen molar-refractivity contribution in [2.24, 2.45) is 0 Å². The van der Waals surface area contributed by atoms with Crippen LogP contribution in [0, 0.1) is 0 Å². The van der Waals surface area contributed by atoms with E-state index in [1.54, 1.807) is 31.4 Å². The van der Waals surface area contributed by atoms with Gasteiger partial charge in [0.05, 0.1) is 31.7 Å². The molecular formula is C23H32N2O5S. The molecule has 0 aromatic heterocycles. The normalized spacial score (nSPS) is 12.1. The van der Waals surface area contributed by atoms with Gasteiger partial charge in [-0.15, -0.1) is 0 Å². The van der Waals surface area contributed by atoms with Gasteiger partial charge in [0.2, 0.25) is 15.9 Å². The number of benzene rings is 2. The van der Waals surface area contributed by atoms with Gasteiger partial charge in [-0.25, -0.2) is 8.42 Å². The molecule has 170 valence electrons. The highest BCUT2D eigenvalue weighted by molar-refractivity contribution is 7.92. The molecule has 0 aliphatic carbocycles. The lowest BCUT2D eigenvalue weighted by Gasteiger charge is -2.24. The first-order chi connectivity index (χ1) is 14.8. The van der Waals surface area contributed by atoms with Gasteiger partial charge < -0.3 is 14.8 Å². The van der Waals surface area contributed by atoms with Crippen molar-refractivity contribution in [3.05, 3.63) is 54.1 Å². The molecular weight excluding hydrogens is 416 g/mol. The molecule has 1 N–H and O–H groups in total. The third kappa shape index (κ3) is 7.17. The number of amides is 1. The Hall–Kier alpha value is -2.74. The summed E-state index contributed by atoms with van der Waals surface area (Å²) in [5.74, 6) is 1.15. The number of para-hydroxylation sites is 2. The molecule has 0 fully saturated rings. The topological polar surface area (TPSA) is 84.9 Å². The maximum Gasteiger partial charge on any atom is 0.232 e. The number of carbonyl (C=O) groups excluding carboxylic acids is 1. The Balaban J connectivity index is 2.01. The number of rotatable bonds is 12. The fraction of sp³-hybridized carbons (Fsp3) is 0.435. The van der Waals surface area contributed by atoms with Crippen LogP contribution in [0.4, 0.5) is 5.69 Å². The predicted octanol–water partition coefficient (Wildman–Crippen LogP) is 3.91. The monoisotopic (exact) mass is 448 g/mol. The lowest BCUT2D eigenvalue weighted by molar-refractivity contribution is -0.121.